The van der Waals surface area contributed by atoms with Crippen molar-refractivity contribution in [2.45, 2.75) is 85.2 Å². The predicted octanol–water partition coefficient (Wildman–Crippen LogP) is 3.69. The summed E-state index contributed by atoms with van der Waals surface area (Å²) in [6, 6.07) is -0.0928. The number of nitrogens with zero attached hydrogens (tertiary/aromatic N) is 1. The van der Waals surface area contributed by atoms with Gasteiger partial charge in [-0.05, 0) is 50.9 Å². The van der Waals surface area contributed by atoms with E-state index in [1.54, 1.807) is 4.90 Å². The molecule has 21 heavy (non-hydrogen) atoms. The maximum atomic E-state index is 12.0. The van der Waals surface area contributed by atoms with Gasteiger partial charge in [0.25, 0.3) is 0 Å². The molecule has 122 valence electrons. The lowest BCUT2D eigenvalue weighted by atomic mass is 9.76. The summed E-state index contributed by atoms with van der Waals surface area (Å²) in [6.45, 7) is 11.9. The Hall–Kier alpha value is -1.06. The third-order valence-electron chi connectivity index (χ3n) is 4.99. The van der Waals surface area contributed by atoms with Crippen LogP contribution in [0.25, 0.3) is 0 Å². The van der Waals surface area contributed by atoms with E-state index in [0.717, 1.165) is 19.3 Å². The second kappa shape index (κ2) is 6.37. The molecule has 2 atom stereocenters. The minimum Gasteiger partial charge on any atom is -0.479 e. The summed E-state index contributed by atoms with van der Waals surface area (Å²) in [6.07, 6.45) is 3.90. The van der Waals surface area contributed by atoms with Crippen LogP contribution in [-0.4, -0.2) is 33.5 Å². The Bertz CT molecular complexity index is 397. The first kappa shape index (κ1) is 18.0. The van der Waals surface area contributed by atoms with Crippen LogP contribution in [0.15, 0.2) is 0 Å². The lowest BCUT2D eigenvalue weighted by molar-refractivity contribution is -0.162. The van der Waals surface area contributed by atoms with Gasteiger partial charge in [0.2, 0.25) is 5.91 Å². The van der Waals surface area contributed by atoms with Crippen molar-refractivity contribution in [1.29, 1.82) is 0 Å². The van der Waals surface area contributed by atoms with E-state index in [1.807, 2.05) is 13.8 Å². The quantitative estimate of drug-likeness (QED) is 0.808. The van der Waals surface area contributed by atoms with E-state index in [0.29, 0.717) is 18.8 Å². The van der Waals surface area contributed by atoms with Crippen LogP contribution in [0.1, 0.15) is 73.6 Å². The van der Waals surface area contributed by atoms with Gasteiger partial charge in [0, 0.05) is 13.0 Å². The van der Waals surface area contributed by atoms with Crippen LogP contribution < -0.4 is 0 Å². The minimum absolute atomic E-state index is 0.0928. The molecule has 0 bridgehead atoms. The fourth-order valence-corrected chi connectivity index (χ4v) is 3.91. The topological polar surface area (TPSA) is 57.6 Å². The molecule has 1 N–H and O–H groups in total. The summed E-state index contributed by atoms with van der Waals surface area (Å²) in [5.41, 5.74) is -0.840. The minimum atomic E-state index is -1.03. The van der Waals surface area contributed by atoms with Gasteiger partial charge in [-0.25, -0.2) is 4.79 Å². The number of amides is 1. The van der Waals surface area contributed by atoms with Crippen LogP contribution in [0.5, 0.6) is 0 Å². The first-order valence-electron chi connectivity index (χ1n) is 8.05. The van der Waals surface area contributed by atoms with Gasteiger partial charge in [0.05, 0.1) is 0 Å². The Balaban J connectivity index is 3.12. The number of rotatable bonds is 3. The maximum absolute atomic E-state index is 12.0. The highest BCUT2D eigenvalue weighted by Crippen LogP contribution is 2.42. The fourth-order valence-electron chi connectivity index (χ4n) is 3.91. The van der Waals surface area contributed by atoms with Crippen molar-refractivity contribution in [3.8, 4) is 0 Å². The van der Waals surface area contributed by atoms with Crippen LogP contribution in [-0.2, 0) is 9.59 Å². The average molecular weight is 297 g/mol. The molecule has 4 nitrogen and oxygen atoms in total. The van der Waals surface area contributed by atoms with Crippen molar-refractivity contribution in [3.63, 3.8) is 0 Å². The Kier molecular flexibility index (Phi) is 5.46. The monoisotopic (exact) mass is 297 g/mol. The molecule has 1 rings (SSSR count). The number of carbonyl (C=O) groups excluding carboxylic acids is 1. The summed E-state index contributed by atoms with van der Waals surface area (Å²) in [7, 11) is 0. The molecule has 1 saturated carbocycles. The van der Waals surface area contributed by atoms with E-state index in [1.165, 1.54) is 6.92 Å². The van der Waals surface area contributed by atoms with Crippen LogP contribution in [0, 0.1) is 11.3 Å². The number of aliphatic carboxylic acids is 1. The van der Waals surface area contributed by atoms with Crippen molar-refractivity contribution in [3.05, 3.63) is 0 Å². The lowest BCUT2D eigenvalue weighted by Gasteiger charge is -2.42. The third kappa shape index (κ3) is 3.78. The molecule has 0 saturated heterocycles. The Morgan fingerprint density at radius 2 is 1.76 bits per heavy atom. The number of hydrogen-bond acceptors (Lipinski definition) is 2. The number of carbonyl (C=O) groups is 2. The zero-order chi connectivity index (χ0) is 16.4. The zero-order valence-electron chi connectivity index (χ0n) is 14.4. The van der Waals surface area contributed by atoms with E-state index in [9.17, 15) is 14.7 Å². The number of carboxylic acids is 1. The largest absolute Gasteiger partial charge is 0.479 e. The first-order valence-corrected chi connectivity index (χ1v) is 8.05. The van der Waals surface area contributed by atoms with Gasteiger partial charge in [-0.3, -0.25) is 4.79 Å². The molecule has 0 spiro atoms. The van der Waals surface area contributed by atoms with E-state index in [-0.39, 0.29) is 17.4 Å². The summed E-state index contributed by atoms with van der Waals surface area (Å²) < 4.78 is 0. The van der Waals surface area contributed by atoms with E-state index in [2.05, 4.69) is 20.8 Å². The first-order chi connectivity index (χ1) is 9.52. The smallest absolute Gasteiger partial charge is 0.329 e. The molecule has 0 aromatic heterocycles. The molecular weight excluding hydrogens is 266 g/mol. The molecule has 0 heterocycles. The van der Waals surface area contributed by atoms with Gasteiger partial charge in [-0.15, -0.1) is 0 Å². The normalized spacial score (nSPS) is 27.3. The average Bonchev–Trinajstić information content (AvgIpc) is 2.51. The van der Waals surface area contributed by atoms with Crippen molar-refractivity contribution in [2.24, 2.45) is 11.3 Å². The van der Waals surface area contributed by atoms with Crippen LogP contribution in [0.3, 0.4) is 0 Å². The highest BCUT2D eigenvalue weighted by Gasteiger charge is 2.48. The van der Waals surface area contributed by atoms with Crippen molar-refractivity contribution < 1.29 is 14.7 Å². The maximum Gasteiger partial charge on any atom is 0.329 e. The molecule has 2 unspecified atom stereocenters. The van der Waals surface area contributed by atoms with E-state index < -0.39 is 11.5 Å². The standard InChI is InChI=1S/C17H31NO3/c1-12(2)18(13(3)19)17(15(20)21)10-7-8-14(9-11-17)16(4,5)6/h12,14H,7-11H2,1-6H3,(H,20,21). The highest BCUT2D eigenvalue weighted by atomic mass is 16.4. The van der Waals surface area contributed by atoms with Crippen LogP contribution in [0.2, 0.25) is 0 Å². The molecule has 0 radical (unpaired) electrons. The lowest BCUT2D eigenvalue weighted by Crippen LogP contribution is -2.59. The van der Waals surface area contributed by atoms with Gasteiger partial charge in [0.15, 0.2) is 0 Å². The molecule has 1 aliphatic rings. The molecule has 0 aromatic rings. The van der Waals surface area contributed by atoms with Crippen molar-refractivity contribution in [1.82, 2.24) is 4.90 Å². The molecular formula is C17H31NO3. The second-order valence-corrected chi connectivity index (χ2v) is 7.81. The molecule has 0 aromatic carbocycles. The molecule has 0 aliphatic heterocycles. The van der Waals surface area contributed by atoms with Gasteiger partial charge >= 0.3 is 5.97 Å². The van der Waals surface area contributed by atoms with Crippen LogP contribution in [0.4, 0.5) is 0 Å². The van der Waals surface area contributed by atoms with E-state index in [4.69, 9.17) is 0 Å². The van der Waals surface area contributed by atoms with Crippen molar-refractivity contribution >= 4 is 11.9 Å². The van der Waals surface area contributed by atoms with Gasteiger partial charge in [-0.2, -0.15) is 0 Å². The Morgan fingerprint density at radius 1 is 1.19 bits per heavy atom. The van der Waals surface area contributed by atoms with Gasteiger partial charge in [-0.1, -0.05) is 27.2 Å². The van der Waals surface area contributed by atoms with Crippen molar-refractivity contribution in [2.75, 3.05) is 0 Å². The SMILES string of the molecule is CC(=O)N(C(C)C)C1(C(=O)O)CCCC(C(C)(C)C)CC1. The third-order valence-corrected chi connectivity index (χ3v) is 4.99. The molecule has 1 fully saturated rings. The summed E-state index contributed by atoms with van der Waals surface area (Å²) in [4.78, 5) is 25.7. The number of carboxylic acid groups (broad SMARTS) is 1. The second-order valence-electron chi connectivity index (χ2n) is 7.81. The van der Waals surface area contributed by atoms with E-state index >= 15 is 0 Å². The summed E-state index contributed by atoms with van der Waals surface area (Å²) in [5, 5.41) is 9.88. The molecule has 1 amide bonds. The summed E-state index contributed by atoms with van der Waals surface area (Å²) in [5.74, 6) is -0.470. The predicted molar refractivity (Wildman–Crippen MR) is 84.1 cm³/mol. The zero-order valence-corrected chi connectivity index (χ0v) is 14.4. The molecule has 4 heteroatoms. The molecule has 1 aliphatic carbocycles. The number of hydrogen-bond donors (Lipinski definition) is 1. The van der Waals surface area contributed by atoms with Gasteiger partial charge in [0.1, 0.15) is 5.54 Å². The summed E-state index contributed by atoms with van der Waals surface area (Å²) >= 11 is 0. The van der Waals surface area contributed by atoms with Gasteiger partial charge < -0.3 is 10.0 Å². The fraction of sp³-hybridized carbons (Fsp3) is 0.882. The Labute approximate surface area is 128 Å². The van der Waals surface area contributed by atoms with Crippen LogP contribution >= 0.6 is 0 Å². The Morgan fingerprint density at radius 3 is 2.14 bits per heavy atom. The highest BCUT2D eigenvalue weighted by molar-refractivity contribution is 5.86.